The third-order valence-corrected chi connectivity index (χ3v) is 4.03. The number of nitrogens with one attached hydrogen (secondary N) is 3. The van der Waals surface area contributed by atoms with E-state index in [4.69, 9.17) is 28.9 Å². The fourth-order valence-corrected chi connectivity index (χ4v) is 2.75. The Hall–Kier alpha value is -2.94. The van der Waals surface area contributed by atoms with Crippen LogP contribution in [0.25, 0.3) is 0 Å². The first-order valence-electron chi connectivity index (χ1n) is 7.94. The summed E-state index contributed by atoms with van der Waals surface area (Å²) in [6.45, 7) is 0. The molecule has 142 valence electrons. The van der Waals surface area contributed by atoms with Gasteiger partial charge in [-0.3, -0.25) is 4.79 Å². The van der Waals surface area contributed by atoms with Crippen molar-refractivity contribution in [2.45, 2.75) is 0 Å². The maximum atomic E-state index is 12.4. The highest BCUT2D eigenvalue weighted by Gasteiger charge is 2.10. The Balaban J connectivity index is 2.04. The molecule has 0 amide bonds. The molecule has 0 aliphatic carbocycles. The van der Waals surface area contributed by atoms with E-state index in [1.165, 1.54) is 6.07 Å². The van der Waals surface area contributed by atoms with E-state index in [-0.39, 0.29) is 10.8 Å². The molecule has 3 rings (SSSR count). The summed E-state index contributed by atoms with van der Waals surface area (Å²) in [4.78, 5) is 15.1. The van der Waals surface area contributed by atoms with Crippen LogP contribution in [0.5, 0.6) is 0 Å². The van der Waals surface area contributed by atoms with Crippen molar-refractivity contribution >= 4 is 69.1 Å². The first kappa shape index (κ1) is 19.8. The second kappa shape index (κ2) is 8.83. The number of pyridine rings is 1. The van der Waals surface area contributed by atoms with Crippen molar-refractivity contribution < 1.29 is 0 Å². The molecule has 28 heavy (non-hydrogen) atoms. The molecule has 0 saturated heterocycles. The zero-order valence-corrected chi connectivity index (χ0v) is 16.6. The minimum atomic E-state index is -0.471. The van der Waals surface area contributed by atoms with Crippen LogP contribution in [-0.2, 0) is 0 Å². The summed E-state index contributed by atoms with van der Waals surface area (Å²) in [5, 5.41) is 14.6. The number of hydrogen-bond acceptors (Lipinski definition) is 5. The zero-order chi connectivity index (χ0) is 20.1. The van der Waals surface area contributed by atoms with E-state index in [1.807, 2.05) is 12.1 Å². The highest BCUT2D eigenvalue weighted by molar-refractivity contribution is 7.80. The Bertz CT molecular complexity index is 1120. The van der Waals surface area contributed by atoms with Crippen LogP contribution in [0.4, 0.5) is 28.6 Å². The molecule has 0 saturated carbocycles. The quantitative estimate of drug-likeness (QED) is 0.314. The molecule has 0 atom stereocenters. The molecule has 3 aromatic rings. The lowest BCUT2D eigenvalue weighted by Crippen LogP contribution is -2.11. The molecule has 7 nitrogen and oxygen atoms in total. The maximum Gasteiger partial charge on any atom is 0.277 e. The largest absolute Gasteiger partial charge is 0.373 e. The van der Waals surface area contributed by atoms with E-state index in [9.17, 15) is 4.79 Å². The minimum Gasteiger partial charge on any atom is -0.373 e. The van der Waals surface area contributed by atoms with E-state index >= 15 is 0 Å². The highest BCUT2D eigenvalue weighted by Crippen LogP contribution is 2.30. The summed E-state index contributed by atoms with van der Waals surface area (Å²) in [7, 11) is 0. The van der Waals surface area contributed by atoms with Crippen LogP contribution in [0.2, 0.25) is 10.0 Å². The molecule has 1 heterocycles. The number of rotatable bonds is 5. The monoisotopic (exact) mass is 432 g/mol. The van der Waals surface area contributed by atoms with Crippen molar-refractivity contribution in [3.63, 3.8) is 0 Å². The molecule has 0 unspecified atom stereocenters. The molecule has 2 aromatic carbocycles. The van der Waals surface area contributed by atoms with Gasteiger partial charge in [0.15, 0.2) is 5.69 Å². The lowest BCUT2D eigenvalue weighted by molar-refractivity contribution is 1.17. The Kier molecular flexibility index (Phi) is 6.25. The van der Waals surface area contributed by atoms with Crippen LogP contribution >= 0.6 is 35.4 Å². The summed E-state index contributed by atoms with van der Waals surface area (Å²) < 4.78 is 0. The molecule has 0 spiro atoms. The van der Waals surface area contributed by atoms with Crippen LogP contribution in [0.3, 0.4) is 0 Å². The number of hydrogen-bond donors (Lipinski definition) is 4. The van der Waals surface area contributed by atoms with Crippen LogP contribution < -0.4 is 21.9 Å². The van der Waals surface area contributed by atoms with Gasteiger partial charge in [-0.25, -0.2) is 0 Å². The third kappa shape index (κ3) is 5.29. The summed E-state index contributed by atoms with van der Waals surface area (Å²) in [5.41, 5.74) is 6.81. The standard InChI is InChI=1S/C18H14Cl2N6OS/c19-10-3-1-5-12(7-10)22-14-9-15(25-26-18(21)28)17(27)24-16(14)23-13-6-2-4-11(20)8-13/h1-9,22H,(H2,21,28)(H2,23,24,27). The van der Waals surface area contributed by atoms with E-state index in [0.717, 1.165) is 0 Å². The predicted molar refractivity (Wildman–Crippen MR) is 118 cm³/mol. The molecule has 0 aliphatic heterocycles. The van der Waals surface area contributed by atoms with Gasteiger partial charge in [0.2, 0.25) is 5.11 Å². The maximum absolute atomic E-state index is 12.4. The Morgan fingerprint density at radius 1 is 1.00 bits per heavy atom. The van der Waals surface area contributed by atoms with Crippen molar-refractivity contribution in [2.75, 3.05) is 10.6 Å². The lowest BCUT2D eigenvalue weighted by Gasteiger charge is -2.14. The number of halogens is 2. The average Bonchev–Trinajstić information content (AvgIpc) is 2.63. The first-order valence-corrected chi connectivity index (χ1v) is 9.11. The number of aromatic nitrogens is 1. The van der Waals surface area contributed by atoms with Gasteiger partial charge in [0.05, 0.1) is 5.69 Å². The lowest BCUT2D eigenvalue weighted by atomic mass is 10.2. The minimum absolute atomic E-state index is 0.0361. The van der Waals surface area contributed by atoms with Crippen molar-refractivity contribution in [1.82, 2.24) is 4.98 Å². The molecular formula is C18H14Cl2N6OS. The van der Waals surface area contributed by atoms with Crippen molar-refractivity contribution in [2.24, 2.45) is 16.0 Å². The molecule has 0 aliphatic rings. The molecular weight excluding hydrogens is 419 g/mol. The van der Waals surface area contributed by atoms with Gasteiger partial charge >= 0.3 is 0 Å². The molecule has 0 radical (unpaired) electrons. The number of benzene rings is 2. The second-order valence-electron chi connectivity index (χ2n) is 5.58. The summed E-state index contributed by atoms with van der Waals surface area (Å²) in [6, 6.07) is 15.7. The molecule has 0 bridgehead atoms. The number of anilines is 4. The van der Waals surface area contributed by atoms with Crippen molar-refractivity contribution in [3.8, 4) is 0 Å². The average molecular weight is 433 g/mol. The van der Waals surface area contributed by atoms with Gasteiger partial charge in [-0.1, -0.05) is 35.3 Å². The summed E-state index contributed by atoms with van der Waals surface area (Å²) >= 11 is 16.7. The van der Waals surface area contributed by atoms with Gasteiger partial charge < -0.3 is 21.4 Å². The van der Waals surface area contributed by atoms with Crippen LogP contribution in [0.15, 0.2) is 69.6 Å². The summed E-state index contributed by atoms with van der Waals surface area (Å²) in [6.07, 6.45) is 0. The van der Waals surface area contributed by atoms with Gasteiger partial charge in [0.25, 0.3) is 5.56 Å². The van der Waals surface area contributed by atoms with Gasteiger partial charge in [0.1, 0.15) is 5.82 Å². The van der Waals surface area contributed by atoms with Crippen molar-refractivity contribution in [3.05, 3.63) is 75.0 Å². The van der Waals surface area contributed by atoms with Gasteiger partial charge in [-0.05, 0) is 54.7 Å². The molecule has 5 N–H and O–H groups in total. The number of aromatic amines is 1. The third-order valence-electron chi connectivity index (χ3n) is 3.48. The van der Waals surface area contributed by atoms with E-state index in [1.54, 1.807) is 36.4 Å². The smallest absolute Gasteiger partial charge is 0.277 e. The number of thiocarbonyl (C=S) groups is 1. The number of H-pyrrole nitrogens is 1. The van der Waals surface area contributed by atoms with E-state index in [0.29, 0.717) is 32.9 Å². The highest BCUT2D eigenvalue weighted by atomic mass is 35.5. The number of nitrogens with zero attached hydrogens (tertiary/aromatic N) is 2. The predicted octanol–water partition coefficient (Wildman–Crippen LogP) is 5.50. The topological polar surface area (TPSA) is 108 Å². The fraction of sp³-hybridized carbons (Fsp3) is 0. The van der Waals surface area contributed by atoms with Gasteiger partial charge in [-0.2, -0.15) is 0 Å². The number of nitrogens with two attached hydrogens (primary N) is 1. The molecule has 10 heteroatoms. The Morgan fingerprint density at radius 3 is 2.18 bits per heavy atom. The van der Waals surface area contributed by atoms with Crippen LogP contribution in [-0.4, -0.2) is 10.1 Å². The van der Waals surface area contributed by atoms with E-state index in [2.05, 4.69) is 38.1 Å². The van der Waals surface area contributed by atoms with E-state index < -0.39 is 5.56 Å². The molecule has 0 fully saturated rings. The number of azo groups is 1. The second-order valence-corrected chi connectivity index (χ2v) is 6.87. The Labute approximate surface area is 175 Å². The van der Waals surface area contributed by atoms with Gasteiger partial charge in [0, 0.05) is 21.4 Å². The summed E-state index contributed by atoms with van der Waals surface area (Å²) in [5.74, 6) is 0.404. The Morgan fingerprint density at radius 2 is 1.61 bits per heavy atom. The fourth-order valence-electron chi connectivity index (χ4n) is 2.33. The van der Waals surface area contributed by atoms with Crippen LogP contribution in [0, 0.1) is 0 Å². The van der Waals surface area contributed by atoms with Crippen LogP contribution in [0.1, 0.15) is 0 Å². The van der Waals surface area contributed by atoms with Crippen molar-refractivity contribution in [1.29, 1.82) is 0 Å². The zero-order valence-electron chi connectivity index (χ0n) is 14.2. The SMILES string of the molecule is NC(=S)N=Nc1cc(Nc2cccc(Cl)c2)c(Nc2cccc(Cl)c2)[nH]c1=O. The normalized spacial score (nSPS) is 10.8. The molecule has 1 aromatic heterocycles. The first-order chi connectivity index (χ1) is 13.4. The van der Waals surface area contributed by atoms with Gasteiger partial charge in [-0.15, -0.1) is 10.2 Å².